The van der Waals surface area contributed by atoms with E-state index in [1.54, 1.807) is 0 Å². The van der Waals surface area contributed by atoms with Crippen LogP contribution in [0.25, 0.3) is 0 Å². The maximum absolute atomic E-state index is 12.6. The number of halogens is 4. The summed E-state index contributed by atoms with van der Waals surface area (Å²) in [6, 6.07) is 3.65. The van der Waals surface area contributed by atoms with Crippen molar-refractivity contribution >= 4 is 27.5 Å². The van der Waals surface area contributed by atoms with Gasteiger partial charge in [-0.1, -0.05) is 15.9 Å². The summed E-state index contributed by atoms with van der Waals surface area (Å²) in [7, 11) is 0. The predicted octanol–water partition coefficient (Wildman–Crippen LogP) is 2.85. The molecule has 3 N–H and O–H groups in total. The minimum Gasteiger partial charge on any atom is -0.486 e. The van der Waals surface area contributed by atoms with Gasteiger partial charge in [-0.15, -0.1) is 0 Å². The molecule has 0 aliphatic carbocycles. The monoisotopic (exact) mass is 355 g/mol. The van der Waals surface area contributed by atoms with Gasteiger partial charge in [0.1, 0.15) is 18.4 Å². The molecule has 0 aliphatic heterocycles. The van der Waals surface area contributed by atoms with Crippen LogP contribution in [0, 0.1) is 21.4 Å². The molecule has 6 nitrogen and oxygen atoms in total. The molecule has 1 aromatic rings. The highest BCUT2D eigenvalue weighted by Gasteiger charge is 2.42. The number of nitrogens with one attached hydrogen (secondary N) is 1. The first-order valence-electron chi connectivity index (χ1n) is 5.10. The first-order chi connectivity index (χ1) is 9.12. The normalized spacial score (nSPS) is 12.8. The molecule has 0 radical (unpaired) electrons. The Kier molecular flexibility index (Phi) is 4.93. The number of hydrogen-bond acceptors (Lipinski definition) is 4. The average Bonchev–Trinajstić information content (AvgIpc) is 2.28. The highest BCUT2D eigenvalue weighted by Crippen LogP contribution is 2.32. The maximum atomic E-state index is 12.6. The maximum Gasteiger partial charge on any atom is 0.401 e. The van der Waals surface area contributed by atoms with E-state index >= 15 is 0 Å². The molecule has 1 atom stereocenters. The van der Waals surface area contributed by atoms with Crippen molar-refractivity contribution in [2.24, 2.45) is 11.7 Å². The lowest BCUT2D eigenvalue weighted by Crippen LogP contribution is -2.39. The quantitative estimate of drug-likeness (QED) is 0.367. The first-order valence-corrected chi connectivity index (χ1v) is 5.89. The van der Waals surface area contributed by atoms with E-state index < -0.39 is 35.1 Å². The molecule has 0 aromatic heterocycles. The van der Waals surface area contributed by atoms with E-state index in [1.807, 2.05) is 0 Å². The van der Waals surface area contributed by atoms with Crippen molar-refractivity contribution in [3.63, 3.8) is 0 Å². The number of nitro benzene ring substituents is 1. The Morgan fingerprint density at radius 1 is 1.55 bits per heavy atom. The van der Waals surface area contributed by atoms with Gasteiger partial charge in [0.25, 0.3) is 0 Å². The number of alkyl halides is 3. The third-order valence-electron chi connectivity index (χ3n) is 2.29. The zero-order valence-corrected chi connectivity index (χ0v) is 11.4. The second kappa shape index (κ2) is 6.07. The van der Waals surface area contributed by atoms with Gasteiger partial charge in [0.15, 0.2) is 5.75 Å². The fourth-order valence-corrected chi connectivity index (χ4v) is 1.64. The summed E-state index contributed by atoms with van der Waals surface area (Å²) in [6.45, 7) is -0.999. The molecule has 0 bridgehead atoms. The number of nitrogens with zero attached hydrogens (tertiary/aromatic N) is 1. The lowest BCUT2D eigenvalue weighted by Gasteiger charge is -2.19. The Bertz CT molecular complexity index is 536. The standard InChI is InChI=1S/C10H9BrF3N3O3/c11-5-1-2-8(7(3-5)17(18)19)20-4-6(9(15)16)10(12,13)14/h1-3,6H,4H2,(H3,15,16). The van der Waals surface area contributed by atoms with Crippen molar-refractivity contribution in [2.75, 3.05) is 6.61 Å². The summed E-state index contributed by atoms with van der Waals surface area (Å²) < 4.78 is 42.8. The molecule has 1 rings (SSSR count). The van der Waals surface area contributed by atoms with E-state index in [4.69, 9.17) is 15.9 Å². The minimum atomic E-state index is -4.75. The lowest BCUT2D eigenvalue weighted by molar-refractivity contribution is -0.386. The molecule has 0 heterocycles. The van der Waals surface area contributed by atoms with E-state index in [2.05, 4.69) is 15.9 Å². The lowest BCUT2D eigenvalue weighted by atomic mass is 10.1. The molecular weight excluding hydrogens is 347 g/mol. The summed E-state index contributed by atoms with van der Waals surface area (Å²) in [6.07, 6.45) is -4.75. The zero-order valence-electron chi connectivity index (χ0n) is 9.78. The van der Waals surface area contributed by atoms with Gasteiger partial charge in [0.05, 0.1) is 4.92 Å². The Labute approximate surface area is 119 Å². The van der Waals surface area contributed by atoms with Crippen LogP contribution in [0.3, 0.4) is 0 Å². The van der Waals surface area contributed by atoms with Gasteiger partial charge in [-0.25, -0.2) is 0 Å². The van der Waals surface area contributed by atoms with Crippen molar-refractivity contribution in [1.29, 1.82) is 5.41 Å². The van der Waals surface area contributed by atoms with Crippen LogP contribution in [0.1, 0.15) is 0 Å². The van der Waals surface area contributed by atoms with E-state index in [1.165, 1.54) is 6.07 Å². The molecule has 0 aliphatic rings. The molecule has 1 aromatic carbocycles. The van der Waals surface area contributed by atoms with Gasteiger partial charge in [-0.05, 0) is 12.1 Å². The smallest absolute Gasteiger partial charge is 0.401 e. The van der Waals surface area contributed by atoms with E-state index in [0.29, 0.717) is 4.47 Å². The van der Waals surface area contributed by atoms with E-state index in [0.717, 1.165) is 12.1 Å². The Hall–Kier alpha value is -1.84. The minimum absolute atomic E-state index is 0.325. The zero-order chi connectivity index (χ0) is 15.5. The molecule has 0 amide bonds. The van der Waals surface area contributed by atoms with Crippen LogP contribution in [-0.2, 0) is 0 Å². The third kappa shape index (κ3) is 4.08. The molecule has 0 saturated carbocycles. The van der Waals surface area contributed by atoms with Crippen molar-refractivity contribution in [3.05, 3.63) is 32.8 Å². The van der Waals surface area contributed by atoms with Crippen molar-refractivity contribution in [3.8, 4) is 5.75 Å². The fraction of sp³-hybridized carbons (Fsp3) is 0.300. The van der Waals surface area contributed by atoms with Crippen LogP contribution in [0.5, 0.6) is 5.75 Å². The van der Waals surface area contributed by atoms with Crippen molar-refractivity contribution in [2.45, 2.75) is 6.18 Å². The number of ether oxygens (including phenoxy) is 1. The molecular formula is C10H9BrF3N3O3. The van der Waals surface area contributed by atoms with Crippen LogP contribution < -0.4 is 10.5 Å². The largest absolute Gasteiger partial charge is 0.486 e. The fourth-order valence-electron chi connectivity index (χ4n) is 1.29. The highest BCUT2D eigenvalue weighted by atomic mass is 79.9. The van der Waals surface area contributed by atoms with E-state index in [9.17, 15) is 23.3 Å². The van der Waals surface area contributed by atoms with Crippen molar-refractivity contribution in [1.82, 2.24) is 0 Å². The molecule has 20 heavy (non-hydrogen) atoms. The summed E-state index contributed by atoms with van der Waals surface area (Å²) in [4.78, 5) is 9.98. The van der Waals surface area contributed by atoms with Crippen molar-refractivity contribution < 1.29 is 22.8 Å². The van der Waals surface area contributed by atoms with Gasteiger partial charge < -0.3 is 10.5 Å². The second-order valence-corrected chi connectivity index (χ2v) is 4.65. The number of amidine groups is 1. The number of nitrogens with two attached hydrogens (primary N) is 1. The van der Waals surface area contributed by atoms with Crippen LogP contribution in [-0.4, -0.2) is 23.5 Å². The van der Waals surface area contributed by atoms with Gasteiger partial charge in [-0.3, -0.25) is 15.5 Å². The molecule has 1 unspecified atom stereocenters. The van der Waals surface area contributed by atoms with E-state index in [-0.39, 0.29) is 5.75 Å². The SMILES string of the molecule is N=C(N)C(COc1ccc(Br)cc1[N+](=O)[O-])C(F)(F)F. The second-order valence-electron chi connectivity index (χ2n) is 3.73. The Balaban J connectivity index is 2.94. The number of benzene rings is 1. The van der Waals surface area contributed by atoms with Crippen LogP contribution in [0.2, 0.25) is 0 Å². The van der Waals surface area contributed by atoms with Gasteiger partial charge in [-0.2, -0.15) is 13.2 Å². The summed E-state index contributed by atoms with van der Waals surface area (Å²) in [5, 5.41) is 17.6. The molecule has 110 valence electrons. The molecule has 0 spiro atoms. The Morgan fingerprint density at radius 2 is 2.15 bits per heavy atom. The highest BCUT2D eigenvalue weighted by molar-refractivity contribution is 9.10. The number of hydrogen-bond donors (Lipinski definition) is 2. The summed E-state index contributed by atoms with van der Waals surface area (Å²) in [5.74, 6) is -3.75. The molecule has 10 heteroatoms. The molecule has 0 saturated heterocycles. The number of rotatable bonds is 5. The summed E-state index contributed by atoms with van der Waals surface area (Å²) >= 11 is 3.01. The molecule has 0 fully saturated rings. The van der Waals surface area contributed by atoms with Gasteiger partial charge in [0, 0.05) is 10.5 Å². The van der Waals surface area contributed by atoms with Crippen LogP contribution in [0.4, 0.5) is 18.9 Å². The third-order valence-corrected chi connectivity index (χ3v) is 2.79. The Morgan fingerprint density at radius 3 is 2.60 bits per heavy atom. The van der Waals surface area contributed by atoms with Crippen LogP contribution >= 0.6 is 15.9 Å². The van der Waals surface area contributed by atoms with Gasteiger partial charge in [0.2, 0.25) is 0 Å². The van der Waals surface area contributed by atoms with Gasteiger partial charge >= 0.3 is 11.9 Å². The topological polar surface area (TPSA) is 102 Å². The average molecular weight is 356 g/mol. The summed E-state index contributed by atoms with van der Waals surface area (Å²) in [5.41, 5.74) is 4.37. The van der Waals surface area contributed by atoms with Crippen LogP contribution in [0.15, 0.2) is 22.7 Å². The first kappa shape index (κ1) is 16.2. The number of nitro groups is 1. The predicted molar refractivity (Wildman–Crippen MR) is 67.8 cm³/mol.